The standard InChI is InChI=1S/C17H26N2O2/c1-2-10-19(13-15-7-4-3-5-8-15)14-17(20)18-12-16-9-6-11-21-16/h3-5,7-8,16H,2,6,9-14H2,1H3,(H,18,20)/t16-/m0/s1. The Bertz CT molecular complexity index is 416. The van der Waals surface area contributed by atoms with Gasteiger partial charge >= 0.3 is 0 Å². The monoisotopic (exact) mass is 290 g/mol. The normalized spacial score (nSPS) is 18.1. The average Bonchev–Trinajstić information content (AvgIpc) is 3.00. The number of carbonyl (C=O) groups excluding carboxylic acids is 1. The fourth-order valence-corrected chi connectivity index (χ4v) is 2.66. The van der Waals surface area contributed by atoms with Crippen LogP contribution in [-0.2, 0) is 16.1 Å². The second kappa shape index (κ2) is 8.80. The predicted molar refractivity (Wildman–Crippen MR) is 84.0 cm³/mol. The molecule has 1 N–H and O–H groups in total. The maximum Gasteiger partial charge on any atom is 0.234 e. The lowest BCUT2D eigenvalue weighted by atomic mass is 10.2. The first-order valence-electron chi connectivity index (χ1n) is 7.92. The van der Waals surface area contributed by atoms with Gasteiger partial charge in [0.05, 0.1) is 12.6 Å². The second-order valence-electron chi connectivity index (χ2n) is 5.64. The topological polar surface area (TPSA) is 41.6 Å². The summed E-state index contributed by atoms with van der Waals surface area (Å²) in [7, 11) is 0. The first kappa shape index (κ1) is 16.0. The molecule has 21 heavy (non-hydrogen) atoms. The van der Waals surface area contributed by atoms with Crippen molar-refractivity contribution >= 4 is 5.91 Å². The van der Waals surface area contributed by atoms with E-state index in [9.17, 15) is 4.79 Å². The Hall–Kier alpha value is -1.39. The molecule has 0 aliphatic carbocycles. The van der Waals surface area contributed by atoms with Crippen LogP contribution in [0.3, 0.4) is 0 Å². The SMILES string of the molecule is CCCN(CC(=O)NC[C@@H]1CCCO1)Cc1ccccc1. The van der Waals surface area contributed by atoms with E-state index in [1.807, 2.05) is 18.2 Å². The third kappa shape index (κ3) is 5.86. The van der Waals surface area contributed by atoms with E-state index >= 15 is 0 Å². The highest BCUT2D eigenvalue weighted by Crippen LogP contribution is 2.10. The Kier molecular flexibility index (Phi) is 6.70. The molecule has 0 unspecified atom stereocenters. The Morgan fingerprint density at radius 1 is 1.38 bits per heavy atom. The quantitative estimate of drug-likeness (QED) is 0.798. The molecule has 1 aliphatic rings. The van der Waals surface area contributed by atoms with Crippen LogP contribution >= 0.6 is 0 Å². The van der Waals surface area contributed by atoms with Crippen molar-refractivity contribution in [2.45, 2.75) is 38.8 Å². The fourth-order valence-electron chi connectivity index (χ4n) is 2.66. The zero-order valence-corrected chi connectivity index (χ0v) is 12.9. The Morgan fingerprint density at radius 2 is 2.19 bits per heavy atom. The number of amides is 1. The molecule has 1 amide bonds. The fraction of sp³-hybridized carbons (Fsp3) is 0.588. The number of carbonyl (C=O) groups is 1. The maximum atomic E-state index is 12.1. The summed E-state index contributed by atoms with van der Waals surface area (Å²) >= 11 is 0. The number of rotatable bonds is 8. The van der Waals surface area contributed by atoms with Gasteiger partial charge in [0.1, 0.15) is 0 Å². The smallest absolute Gasteiger partial charge is 0.234 e. The van der Waals surface area contributed by atoms with Crippen molar-refractivity contribution in [2.24, 2.45) is 0 Å². The third-order valence-corrected chi connectivity index (χ3v) is 3.71. The van der Waals surface area contributed by atoms with Crippen LogP contribution in [0, 0.1) is 0 Å². The Labute approximate surface area is 127 Å². The second-order valence-corrected chi connectivity index (χ2v) is 5.64. The highest BCUT2D eigenvalue weighted by atomic mass is 16.5. The zero-order chi connectivity index (χ0) is 14.9. The number of nitrogens with zero attached hydrogens (tertiary/aromatic N) is 1. The molecule has 1 atom stereocenters. The van der Waals surface area contributed by atoms with Crippen LogP contribution in [0.5, 0.6) is 0 Å². The molecule has 4 nitrogen and oxygen atoms in total. The minimum Gasteiger partial charge on any atom is -0.376 e. The van der Waals surface area contributed by atoms with Gasteiger partial charge in [0, 0.05) is 19.7 Å². The molecule has 0 spiro atoms. The van der Waals surface area contributed by atoms with Crippen molar-refractivity contribution in [3.05, 3.63) is 35.9 Å². The van der Waals surface area contributed by atoms with Gasteiger partial charge in [-0.15, -0.1) is 0 Å². The molecular weight excluding hydrogens is 264 g/mol. The van der Waals surface area contributed by atoms with Crippen LogP contribution in [-0.4, -0.2) is 43.2 Å². The summed E-state index contributed by atoms with van der Waals surface area (Å²) in [5.41, 5.74) is 1.25. The lowest BCUT2D eigenvalue weighted by Crippen LogP contribution is -2.40. The van der Waals surface area contributed by atoms with Crippen molar-refractivity contribution < 1.29 is 9.53 Å². The summed E-state index contributed by atoms with van der Waals surface area (Å²) in [5.74, 6) is 0.0925. The van der Waals surface area contributed by atoms with E-state index in [2.05, 4.69) is 29.3 Å². The number of hydrogen-bond donors (Lipinski definition) is 1. The third-order valence-electron chi connectivity index (χ3n) is 3.71. The summed E-state index contributed by atoms with van der Waals surface area (Å²) in [6, 6.07) is 10.3. The van der Waals surface area contributed by atoms with E-state index in [-0.39, 0.29) is 12.0 Å². The van der Waals surface area contributed by atoms with Crippen LogP contribution in [0.1, 0.15) is 31.7 Å². The molecule has 1 aromatic carbocycles. The average molecular weight is 290 g/mol. The molecule has 116 valence electrons. The van der Waals surface area contributed by atoms with Crippen LogP contribution < -0.4 is 5.32 Å². The Balaban J connectivity index is 1.76. The summed E-state index contributed by atoms with van der Waals surface area (Å²) in [4.78, 5) is 14.3. The molecule has 0 radical (unpaired) electrons. The van der Waals surface area contributed by atoms with Gasteiger partial charge in [0.2, 0.25) is 5.91 Å². The summed E-state index contributed by atoms with van der Waals surface area (Å²) < 4.78 is 5.52. The number of ether oxygens (including phenoxy) is 1. The highest BCUT2D eigenvalue weighted by molar-refractivity contribution is 5.78. The van der Waals surface area contributed by atoms with E-state index in [1.165, 1.54) is 5.56 Å². The van der Waals surface area contributed by atoms with Gasteiger partial charge in [0.25, 0.3) is 0 Å². The first-order valence-corrected chi connectivity index (χ1v) is 7.92. The van der Waals surface area contributed by atoms with E-state index in [0.29, 0.717) is 13.1 Å². The van der Waals surface area contributed by atoms with Crippen LogP contribution in [0.2, 0.25) is 0 Å². The molecule has 1 aliphatic heterocycles. The van der Waals surface area contributed by atoms with Gasteiger partial charge in [-0.2, -0.15) is 0 Å². The van der Waals surface area contributed by atoms with Crippen molar-refractivity contribution in [3.8, 4) is 0 Å². The van der Waals surface area contributed by atoms with Gasteiger partial charge in [-0.3, -0.25) is 9.69 Å². The largest absolute Gasteiger partial charge is 0.376 e. The lowest BCUT2D eigenvalue weighted by Gasteiger charge is -2.21. The summed E-state index contributed by atoms with van der Waals surface area (Å²) in [5, 5.41) is 2.99. The van der Waals surface area contributed by atoms with Gasteiger partial charge in [0.15, 0.2) is 0 Å². The minimum absolute atomic E-state index is 0.0925. The Morgan fingerprint density at radius 3 is 2.86 bits per heavy atom. The number of hydrogen-bond acceptors (Lipinski definition) is 3. The molecule has 4 heteroatoms. The first-order chi connectivity index (χ1) is 10.3. The zero-order valence-electron chi connectivity index (χ0n) is 12.9. The van der Waals surface area contributed by atoms with Crippen molar-refractivity contribution in [3.63, 3.8) is 0 Å². The summed E-state index contributed by atoms with van der Waals surface area (Å²) in [6.45, 7) is 5.82. The van der Waals surface area contributed by atoms with Crippen LogP contribution in [0.25, 0.3) is 0 Å². The van der Waals surface area contributed by atoms with Gasteiger partial charge < -0.3 is 10.1 Å². The molecule has 1 heterocycles. The summed E-state index contributed by atoms with van der Waals surface area (Å²) in [6.07, 6.45) is 3.42. The van der Waals surface area contributed by atoms with E-state index in [4.69, 9.17) is 4.74 Å². The van der Waals surface area contributed by atoms with Gasteiger partial charge in [-0.05, 0) is 31.4 Å². The van der Waals surface area contributed by atoms with E-state index in [0.717, 1.165) is 39.0 Å². The lowest BCUT2D eigenvalue weighted by molar-refractivity contribution is -0.122. The molecule has 0 bridgehead atoms. The predicted octanol–water partition coefficient (Wildman–Crippen LogP) is 2.19. The van der Waals surface area contributed by atoms with Gasteiger partial charge in [-0.25, -0.2) is 0 Å². The van der Waals surface area contributed by atoms with E-state index < -0.39 is 0 Å². The minimum atomic E-state index is 0.0925. The van der Waals surface area contributed by atoms with Crippen LogP contribution in [0.15, 0.2) is 30.3 Å². The molecule has 0 aromatic heterocycles. The van der Waals surface area contributed by atoms with E-state index in [1.54, 1.807) is 0 Å². The molecule has 1 fully saturated rings. The number of benzene rings is 1. The van der Waals surface area contributed by atoms with Crippen LogP contribution in [0.4, 0.5) is 0 Å². The molecule has 1 saturated heterocycles. The van der Waals surface area contributed by atoms with Crippen molar-refractivity contribution in [1.29, 1.82) is 0 Å². The van der Waals surface area contributed by atoms with Crippen molar-refractivity contribution in [2.75, 3.05) is 26.2 Å². The van der Waals surface area contributed by atoms with Gasteiger partial charge in [-0.1, -0.05) is 37.3 Å². The molecule has 1 aromatic rings. The van der Waals surface area contributed by atoms with Crippen molar-refractivity contribution in [1.82, 2.24) is 10.2 Å². The maximum absolute atomic E-state index is 12.1. The number of nitrogens with one attached hydrogen (secondary N) is 1. The molecule has 2 rings (SSSR count). The highest BCUT2D eigenvalue weighted by Gasteiger charge is 2.17. The molecular formula is C17H26N2O2. The molecule has 0 saturated carbocycles.